The van der Waals surface area contributed by atoms with Gasteiger partial charge in [0.25, 0.3) is 5.56 Å². The Labute approximate surface area is 179 Å². The van der Waals surface area contributed by atoms with E-state index in [1.54, 1.807) is 19.1 Å². The zero-order valence-corrected chi connectivity index (χ0v) is 16.8. The second-order valence-electron chi connectivity index (χ2n) is 7.34. The second-order valence-corrected chi connectivity index (χ2v) is 7.34. The van der Waals surface area contributed by atoms with Gasteiger partial charge in [0.2, 0.25) is 0 Å². The number of fused-ring (bicyclic) bond motifs is 1. The number of pyridine rings is 1. The molecule has 1 atom stereocenters. The van der Waals surface area contributed by atoms with Crippen LogP contribution in [0, 0.1) is 5.82 Å². The van der Waals surface area contributed by atoms with E-state index < -0.39 is 40.4 Å². The molecule has 0 fully saturated rings. The molecular formula is C23H17F4N3O2. The second kappa shape index (κ2) is 8.07. The van der Waals surface area contributed by atoms with Crippen LogP contribution in [0.1, 0.15) is 24.2 Å². The van der Waals surface area contributed by atoms with Crippen molar-refractivity contribution in [2.75, 3.05) is 0 Å². The Morgan fingerprint density at radius 2 is 1.78 bits per heavy atom. The van der Waals surface area contributed by atoms with Crippen LogP contribution in [0.3, 0.4) is 0 Å². The molecule has 0 spiro atoms. The molecule has 0 unspecified atom stereocenters. The summed E-state index contributed by atoms with van der Waals surface area (Å²) >= 11 is 0. The van der Waals surface area contributed by atoms with Crippen molar-refractivity contribution in [2.45, 2.75) is 25.6 Å². The van der Waals surface area contributed by atoms with E-state index in [1.165, 1.54) is 18.2 Å². The Bertz CT molecular complexity index is 1350. The highest BCUT2D eigenvalue weighted by Gasteiger charge is 2.37. The molecule has 4 aromatic rings. The first kappa shape index (κ1) is 21.5. The minimum Gasteiger partial charge on any atom is -0.504 e. The molecule has 164 valence electrons. The maximum absolute atomic E-state index is 14.1. The summed E-state index contributed by atoms with van der Waals surface area (Å²) in [6.45, 7) is 1.64. The molecule has 0 saturated heterocycles. The van der Waals surface area contributed by atoms with E-state index in [0.717, 1.165) is 22.4 Å². The summed E-state index contributed by atoms with van der Waals surface area (Å²) in [6.07, 6.45) is -3.67. The van der Waals surface area contributed by atoms with Crippen molar-refractivity contribution in [1.29, 1.82) is 0 Å². The first-order chi connectivity index (χ1) is 15.2. The number of aromatic nitrogens is 3. The maximum atomic E-state index is 14.1. The van der Waals surface area contributed by atoms with Gasteiger partial charge in [-0.05, 0) is 37.1 Å². The van der Waals surface area contributed by atoms with E-state index in [-0.39, 0.29) is 16.9 Å². The maximum Gasteiger partial charge on any atom is 0.434 e. The number of hydrogen-bond acceptors (Lipinski definition) is 4. The molecule has 1 N–H and O–H groups in total. The van der Waals surface area contributed by atoms with Crippen molar-refractivity contribution >= 4 is 10.9 Å². The molecule has 0 aliphatic carbocycles. The first-order valence-corrected chi connectivity index (χ1v) is 9.68. The van der Waals surface area contributed by atoms with Crippen LogP contribution in [0.2, 0.25) is 0 Å². The third-order valence-electron chi connectivity index (χ3n) is 5.13. The minimum absolute atomic E-state index is 0.103. The monoisotopic (exact) mass is 443 g/mol. The summed E-state index contributed by atoms with van der Waals surface area (Å²) in [4.78, 5) is 21.0. The minimum atomic E-state index is -4.87. The number of para-hydroxylation sites is 1. The van der Waals surface area contributed by atoms with E-state index in [1.807, 2.05) is 18.2 Å². The van der Waals surface area contributed by atoms with Gasteiger partial charge in [-0.15, -0.1) is 0 Å². The number of rotatable bonds is 4. The number of hydrogen-bond donors (Lipinski definition) is 1. The summed E-state index contributed by atoms with van der Waals surface area (Å²) in [7, 11) is 0. The molecule has 0 saturated carbocycles. The van der Waals surface area contributed by atoms with Gasteiger partial charge in [-0.25, -0.2) is 9.37 Å². The van der Waals surface area contributed by atoms with E-state index in [0.29, 0.717) is 6.42 Å². The Hall–Kier alpha value is -3.75. The molecule has 0 radical (unpaired) electrons. The molecule has 5 nitrogen and oxygen atoms in total. The van der Waals surface area contributed by atoms with Gasteiger partial charge >= 0.3 is 6.18 Å². The Balaban J connectivity index is 2.04. The molecule has 0 aliphatic rings. The average molecular weight is 443 g/mol. The van der Waals surface area contributed by atoms with Gasteiger partial charge in [-0.1, -0.05) is 36.4 Å². The summed E-state index contributed by atoms with van der Waals surface area (Å²) < 4.78 is 55.9. The fourth-order valence-corrected chi connectivity index (χ4v) is 3.70. The van der Waals surface area contributed by atoms with Crippen LogP contribution in [0.5, 0.6) is 5.75 Å². The van der Waals surface area contributed by atoms with Gasteiger partial charge in [-0.2, -0.15) is 13.2 Å². The summed E-state index contributed by atoms with van der Waals surface area (Å²) in [5.74, 6) is -1.82. The van der Waals surface area contributed by atoms with Gasteiger partial charge in [0.05, 0.1) is 16.5 Å². The van der Waals surface area contributed by atoms with Crippen LogP contribution in [0.4, 0.5) is 17.6 Å². The highest BCUT2D eigenvalue weighted by atomic mass is 19.4. The van der Waals surface area contributed by atoms with Crippen LogP contribution in [0.25, 0.3) is 22.3 Å². The molecule has 2 heterocycles. The van der Waals surface area contributed by atoms with E-state index in [4.69, 9.17) is 0 Å². The SMILES string of the molecule is C[C@H](Cc1ccccc1)n1c(-c2cccc(F)c2O)nc2ccnc(C(F)(F)F)c2c1=O. The molecule has 9 heteroatoms. The lowest BCUT2D eigenvalue weighted by molar-refractivity contribution is -0.139. The number of alkyl halides is 3. The third-order valence-corrected chi connectivity index (χ3v) is 5.13. The van der Waals surface area contributed by atoms with Gasteiger partial charge in [-0.3, -0.25) is 14.3 Å². The van der Waals surface area contributed by atoms with Crippen molar-refractivity contribution < 1.29 is 22.7 Å². The standard InChI is InChI=1S/C23H17F4N3O2/c1-13(12-14-6-3-2-4-7-14)30-21(15-8-5-9-16(24)19(15)31)29-17-10-11-28-20(23(25,26)27)18(17)22(30)32/h2-11,13,31H,12H2,1H3/t13-/m1/s1. The highest BCUT2D eigenvalue weighted by molar-refractivity contribution is 5.83. The van der Waals surface area contributed by atoms with Crippen LogP contribution in [-0.2, 0) is 12.6 Å². The average Bonchev–Trinajstić information content (AvgIpc) is 2.75. The lowest BCUT2D eigenvalue weighted by atomic mass is 10.1. The largest absolute Gasteiger partial charge is 0.504 e. The smallest absolute Gasteiger partial charge is 0.434 e. The summed E-state index contributed by atoms with van der Waals surface area (Å²) in [5, 5.41) is 9.59. The van der Waals surface area contributed by atoms with Gasteiger partial charge < -0.3 is 5.11 Å². The highest BCUT2D eigenvalue weighted by Crippen LogP contribution is 2.35. The molecule has 0 aliphatic heterocycles. The zero-order valence-electron chi connectivity index (χ0n) is 16.8. The van der Waals surface area contributed by atoms with Crippen LogP contribution < -0.4 is 5.56 Å². The van der Waals surface area contributed by atoms with Crippen LogP contribution in [-0.4, -0.2) is 19.6 Å². The number of nitrogens with zero attached hydrogens (tertiary/aromatic N) is 3. The van der Waals surface area contributed by atoms with Gasteiger partial charge in [0.1, 0.15) is 5.82 Å². The van der Waals surface area contributed by atoms with Gasteiger partial charge in [0.15, 0.2) is 17.3 Å². The summed E-state index contributed by atoms with van der Waals surface area (Å²) in [6, 6.07) is 13.3. The molecule has 4 rings (SSSR count). The van der Waals surface area contributed by atoms with Crippen molar-refractivity contribution in [1.82, 2.24) is 14.5 Å². The molecule has 2 aromatic carbocycles. The number of aromatic hydroxyl groups is 1. The van der Waals surface area contributed by atoms with Crippen molar-refractivity contribution in [3.63, 3.8) is 0 Å². The molecule has 32 heavy (non-hydrogen) atoms. The lowest BCUT2D eigenvalue weighted by Crippen LogP contribution is -2.29. The number of phenolic OH excluding ortho intramolecular Hbond substituents is 1. The van der Waals surface area contributed by atoms with Crippen LogP contribution >= 0.6 is 0 Å². The van der Waals surface area contributed by atoms with Crippen molar-refractivity contribution in [3.8, 4) is 17.1 Å². The lowest BCUT2D eigenvalue weighted by Gasteiger charge is -2.21. The number of halogens is 4. The predicted molar refractivity (Wildman–Crippen MR) is 111 cm³/mol. The van der Waals surface area contributed by atoms with E-state index in [2.05, 4.69) is 9.97 Å². The predicted octanol–water partition coefficient (Wildman–Crippen LogP) is 5.13. The Morgan fingerprint density at radius 3 is 2.47 bits per heavy atom. The fourth-order valence-electron chi connectivity index (χ4n) is 3.70. The summed E-state index contributed by atoms with van der Waals surface area (Å²) in [5.41, 5.74) is -1.84. The van der Waals surface area contributed by atoms with Crippen molar-refractivity contribution in [3.05, 3.63) is 88.2 Å². The molecule has 0 amide bonds. The molecule has 2 aromatic heterocycles. The zero-order chi connectivity index (χ0) is 23.0. The molecule has 0 bridgehead atoms. The quantitative estimate of drug-likeness (QED) is 0.445. The Morgan fingerprint density at radius 1 is 1.06 bits per heavy atom. The normalized spacial score (nSPS) is 12.8. The van der Waals surface area contributed by atoms with Crippen molar-refractivity contribution in [2.24, 2.45) is 0 Å². The number of benzene rings is 2. The number of phenols is 1. The fraction of sp³-hybridized carbons (Fsp3) is 0.174. The van der Waals surface area contributed by atoms with E-state index >= 15 is 0 Å². The molecular weight excluding hydrogens is 426 g/mol. The van der Waals surface area contributed by atoms with Gasteiger partial charge in [0, 0.05) is 12.2 Å². The Kier molecular flexibility index (Phi) is 5.41. The van der Waals surface area contributed by atoms with E-state index in [9.17, 15) is 27.5 Å². The third kappa shape index (κ3) is 3.81. The topological polar surface area (TPSA) is 68.0 Å². The first-order valence-electron chi connectivity index (χ1n) is 9.68. The van der Waals surface area contributed by atoms with Crippen LogP contribution in [0.15, 0.2) is 65.6 Å².